The van der Waals surface area contributed by atoms with Crippen LogP contribution in [0, 0.1) is 0 Å². The number of para-hydroxylation sites is 3. The Morgan fingerprint density at radius 3 is 1.53 bits per heavy atom. The average molecular weight is 763 g/mol. The van der Waals surface area contributed by atoms with Gasteiger partial charge < -0.3 is 9.47 Å². The van der Waals surface area contributed by atoms with E-state index in [9.17, 15) is 0 Å². The van der Waals surface area contributed by atoms with Crippen molar-refractivity contribution < 1.29 is 0 Å². The number of nitrogens with zero attached hydrogens (tertiary/aromatic N) is 2. The highest BCUT2D eigenvalue weighted by Gasteiger charge is 2.23. The Kier molecular flexibility index (Phi) is 7.89. The van der Waals surface area contributed by atoms with Gasteiger partial charge in [-0.2, -0.15) is 0 Å². The van der Waals surface area contributed by atoms with Crippen molar-refractivity contribution in [2.24, 2.45) is 0 Å². The number of hydrogen-bond donors (Lipinski definition) is 0. The van der Waals surface area contributed by atoms with Crippen molar-refractivity contribution in [3.8, 4) is 39.1 Å². The molecule has 11 aromatic carbocycles. The number of aromatic nitrogens is 1. The number of anilines is 3. The molecule has 1 heterocycles. The van der Waals surface area contributed by atoms with E-state index in [-0.39, 0.29) is 0 Å². The summed E-state index contributed by atoms with van der Waals surface area (Å²) in [6.45, 7) is 0. The molecule has 12 rings (SSSR count). The molecule has 0 N–H and O–H groups in total. The summed E-state index contributed by atoms with van der Waals surface area (Å²) in [7, 11) is 0. The average Bonchev–Trinajstić information content (AvgIpc) is 3.66. The van der Waals surface area contributed by atoms with Crippen molar-refractivity contribution in [2.45, 2.75) is 0 Å². The van der Waals surface area contributed by atoms with Gasteiger partial charge in [0, 0.05) is 32.8 Å². The van der Waals surface area contributed by atoms with Crippen LogP contribution in [-0.2, 0) is 0 Å². The van der Waals surface area contributed by atoms with Crippen molar-refractivity contribution in [3.63, 3.8) is 0 Å². The summed E-state index contributed by atoms with van der Waals surface area (Å²) in [5.74, 6) is 0. The highest BCUT2D eigenvalue weighted by molar-refractivity contribution is 6.27. The maximum Gasteiger partial charge on any atom is 0.0541 e. The first kappa shape index (κ1) is 34.1. The van der Waals surface area contributed by atoms with Crippen LogP contribution in [0.3, 0.4) is 0 Å². The van der Waals surface area contributed by atoms with E-state index in [1.807, 2.05) is 0 Å². The van der Waals surface area contributed by atoms with Crippen LogP contribution >= 0.6 is 0 Å². The van der Waals surface area contributed by atoms with Crippen molar-refractivity contribution in [2.75, 3.05) is 4.90 Å². The van der Waals surface area contributed by atoms with E-state index in [2.05, 4.69) is 240 Å². The number of benzene rings is 11. The van der Waals surface area contributed by atoms with Gasteiger partial charge in [-0.1, -0.05) is 188 Å². The maximum absolute atomic E-state index is 2.48. The van der Waals surface area contributed by atoms with Gasteiger partial charge in [0.25, 0.3) is 0 Å². The van der Waals surface area contributed by atoms with Crippen molar-refractivity contribution >= 4 is 71.2 Å². The molecule has 0 unspecified atom stereocenters. The van der Waals surface area contributed by atoms with Crippen LogP contribution in [0.1, 0.15) is 0 Å². The van der Waals surface area contributed by atoms with Crippen LogP contribution in [0.15, 0.2) is 231 Å². The molecule has 1 aromatic heterocycles. The van der Waals surface area contributed by atoms with Gasteiger partial charge in [0.05, 0.1) is 28.1 Å². The van der Waals surface area contributed by atoms with Gasteiger partial charge in [0.15, 0.2) is 0 Å². The summed E-state index contributed by atoms with van der Waals surface area (Å²) >= 11 is 0. The zero-order valence-corrected chi connectivity index (χ0v) is 32.8. The molecule has 0 aliphatic heterocycles. The lowest BCUT2D eigenvalue weighted by molar-refractivity contribution is 1.20. The molecule has 0 saturated heterocycles. The summed E-state index contributed by atoms with van der Waals surface area (Å²) in [6.07, 6.45) is 0. The van der Waals surface area contributed by atoms with Gasteiger partial charge in [-0.3, -0.25) is 0 Å². The van der Waals surface area contributed by atoms with Gasteiger partial charge in [0.1, 0.15) is 0 Å². The lowest BCUT2D eigenvalue weighted by atomic mass is 9.91. The fourth-order valence-electron chi connectivity index (χ4n) is 9.59. The zero-order chi connectivity index (χ0) is 39.6. The quantitative estimate of drug-likeness (QED) is 0.147. The van der Waals surface area contributed by atoms with Gasteiger partial charge in [-0.15, -0.1) is 0 Å². The van der Waals surface area contributed by atoms with Crippen LogP contribution in [-0.4, -0.2) is 4.57 Å². The molecule has 0 fully saturated rings. The van der Waals surface area contributed by atoms with Gasteiger partial charge in [0.2, 0.25) is 0 Å². The molecular formula is C58H38N2. The SMILES string of the molecule is c1ccc(-c2ccc(-c3cccc(N(c4ccccc4-c4ccccc4)c4ccc5ccc6c(-n7c8ccccc8c8ccccc87)ccc7ccc4c5c76)c3)cc2)cc1. The Morgan fingerprint density at radius 1 is 0.300 bits per heavy atom. The van der Waals surface area contributed by atoms with Gasteiger partial charge in [-0.05, 0) is 91.8 Å². The molecular weight excluding hydrogens is 725 g/mol. The first-order valence-electron chi connectivity index (χ1n) is 20.7. The molecule has 0 saturated carbocycles. The minimum Gasteiger partial charge on any atom is -0.309 e. The van der Waals surface area contributed by atoms with Crippen LogP contribution in [0.4, 0.5) is 17.1 Å². The van der Waals surface area contributed by atoms with E-state index >= 15 is 0 Å². The normalized spacial score (nSPS) is 11.7. The molecule has 0 radical (unpaired) electrons. The van der Waals surface area contributed by atoms with Crippen molar-refractivity contribution in [1.82, 2.24) is 4.57 Å². The third kappa shape index (κ3) is 5.42. The number of fused-ring (bicyclic) bond motifs is 3. The first-order valence-corrected chi connectivity index (χ1v) is 20.7. The second-order valence-electron chi connectivity index (χ2n) is 15.7. The molecule has 60 heavy (non-hydrogen) atoms. The minimum atomic E-state index is 1.10. The second-order valence-corrected chi connectivity index (χ2v) is 15.7. The largest absolute Gasteiger partial charge is 0.309 e. The predicted molar refractivity (Wildman–Crippen MR) is 255 cm³/mol. The fraction of sp³-hybridized carbons (Fsp3) is 0. The lowest BCUT2D eigenvalue weighted by Crippen LogP contribution is -2.12. The smallest absolute Gasteiger partial charge is 0.0541 e. The Labute approximate surface area is 348 Å². The maximum atomic E-state index is 2.48. The van der Waals surface area contributed by atoms with Crippen LogP contribution < -0.4 is 4.90 Å². The van der Waals surface area contributed by atoms with E-state index in [4.69, 9.17) is 0 Å². The van der Waals surface area contributed by atoms with Crippen LogP contribution in [0.5, 0.6) is 0 Å². The molecule has 0 atom stereocenters. The number of hydrogen-bond acceptors (Lipinski definition) is 1. The highest BCUT2D eigenvalue weighted by atomic mass is 15.1. The summed E-state index contributed by atoms with van der Waals surface area (Å²) in [5, 5.41) is 10.0. The van der Waals surface area contributed by atoms with Crippen LogP contribution in [0.25, 0.3) is 93.2 Å². The Hall–Kier alpha value is -7.94. The molecule has 0 amide bonds. The Balaban J connectivity index is 1.09. The van der Waals surface area contributed by atoms with E-state index in [0.29, 0.717) is 0 Å². The van der Waals surface area contributed by atoms with E-state index in [0.717, 1.165) is 17.1 Å². The topological polar surface area (TPSA) is 8.17 Å². The summed E-state index contributed by atoms with van der Waals surface area (Å²) in [5.41, 5.74) is 14.1. The molecule has 0 spiro atoms. The molecule has 0 bridgehead atoms. The van der Waals surface area contributed by atoms with E-state index < -0.39 is 0 Å². The molecule has 2 nitrogen and oxygen atoms in total. The Bertz CT molecular complexity index is 3470. The number of rotatable bonds is 7. The van der Waals surface area contributed by atoms with Crippen LogP contribution in [0.2, 0.25) is 0 Å². The third-order valence-electron chi connectivity index (χ3n) is 12.3. The minimum absolute atomic E-state index is 1.10. The highest BCUT2D eigenvalue weighted by Crippen LogP contribution is 2.48. The third-order valence-corrected chi connectivity index (χ3v) is 12.3. The molecule has 0 aliphatic carbocycles. The second kappa shape index (κ2) is 13.9. The molecule has 0 aliphatic rings. The van der Waals surface area contributed by atoms with Gasteiger partial charge in [-0.25, -0.2) is 0 Å². The molecule has 2 heteroatoms. The molecule has 280 valence electrons. The van der Waals surface area contributed by atoms with E-state index in [1.54, 1.807) is 0 Å². The summed E-state index contributed by atoms with van der Waals surface area (Å²) in [4.78, 5) is 2.48. The standard InChI is InChI=1S/C58H38N2/c1-3-14-39(15-4-1)40-26-28-41(29-27-40)45-18-13-19-46(38-45)59(52-23-10-7-20-47(52)42-16-5-2-6-17-42)55-36-32-43-31-35-51-56(37-33-44-30-34-50(55)57(43)58(44)51)60-53-24-11-8-21-48(53)49-22-9-12-25-54(49)60/h1-38H. The molecule has 12 aromatic rings. The van der Waals surface area contributed by atoms with Crippen molar-refractivity contribution in [1.29, 1.82) is 0 Å². The Morgan fingerprint density at radius 2 is 0.817 bits per heavy atom. The lowest BCUT2D eigenvalue weighted by Gasteiger charge is -2.30. The van der Waals surface area contributed by atoms with Crippen molar-refractivity contribution in [3.05, 3.63) is 231 Å². The first-order chi connectivity index (χ1) is 29.8. The predicted octanol–water partition coefficient (Wildman–Crippen LogP) is 16.2. The zero-order valence-electron chi connectivity index (χ0n) is 32.8. The monoisotopic (exact) mass is 762 g/mol. The summed E-state index contributed by atoms with van der Waals surface area (Å²) in [6, 6.07) is 84.3. The fourth-order valence-corrected chi connectivity index (χ4v) is 9.59. The van der Waals surface area contributed by atoms with Gasteiger partial charge >= 0.3 is 0 Å². The summed E-state index contributed by atoms with van der Waals surface area (Å²) < 4.78 is 2.46. The van der Waals surface area contributed by atoms with E-state index in [1.165, 1.54) is 93.2 Å².